The zero-order valence-electron chi connectivity index (χ0n) is 28.5. The third-order valence-electron chi connectivity index (χ3n) is 6.51. The second-order valence-corrected chi connectivity index (χ2v) is 12.2. The molecule has 4 aromatic carbocycles. The normalized spacial score (nSPS) is 11.9. The number of anilines is 2. The number of halogens is 4. The Morgan fingerprint density at radius 2 is 1.46 bits per heavy atom. The van der Waals surface area contributed by atoms with Gasteiger partial charge in [-0.05, 0) is 61.7 Å². The molecule has 0 amide bonds. The van der Waals surface area contributed by atoms with Crippen molar-refractivity contribution in [2.75, 3.05) is 37.9 Å². The van der Waals surface area contributed by atoms with Gasteiger partial charge in [0.05, 0.1) is 36.5 Å². The molecule has 0 aliphatic heterocycles. The van der Waals surface area contributed by atoms with E-state index in [1.54, 1.807) is 6.07 Å². The Balaban J connectivity index is 0.000000380. The maximum atomic E-state index is 13.5. The molecular formula is C36H47Br2F2N4O6+. The number of nitrogens with zero attached hydrogens (tertiary/aromatic N) is 1. The minimum absolute atomic E-state index is 0.137. The fraction of sp³-hybridized carbons (Fsp3) is 0.333. The lowest BCUT2D eigenvalue weighted by atomic mass is 10.2. The fourth-order valence-electron chi connectivity index (χ4n) is 3.79. The van der Waals surface area contributed by atoms with Crippen molar-refractivity contribution in [3.8, 4) is 0 Å². The van der Waals surface area contributed by atoms with Gasteiger partial charge in [-0.15, -0.1) is 0 Å². The highest BCUT2D eigenvalue weighted by Gasteiger charge is 2.21. The van der Waals surface area contributed by atoms with Crippen LogP contribution in [0.5, 0.6) is 0 Å². The largest absolute Gasteiger partial charge is 0.400 e. The van der Waals surface area contributed by atoms with Crippen LogP contribution in [-0.2, 0) is 22.7 Å². The van der Waals surface area contributed by atoms with Crippen molar-refractivity contribution in [1.29, 1.82) is 0 Å². The van der Waals surface area contributed by atoms with E-state index in [0.29, 0.717) is 26.9 Å². The number of aliphatic hydroxyl groups excluding tert-OH is 2. The van der Waals surface area contributed by atoms with Crippen LogP contribution in [0.4, 0.5) is 31.5 Å². The van der Waals surface area contributed by atoms with Gasteiger partial charge in [0.15, 0.2) is 11.5 Å². The Labute approximate surface area is 309 Å². The zero-order valence-corrected chi connectivity index (χ0v) is 31.6. The molecule has 1 saturated carbocycles. The van der Waals surface area contributed by atoms with Crippen LogP contribution in [-0.4, -0.2) is 48.1 Å². The summed E-state index contributed by atoms with van der Waals surface area (Å²) >= 11 is 6.28. The quantitative estimate of drug-likeness (QED) is 0.0549. The second-order valence-electron chi connectivity index (χ2n) is 10.5. The molecule has 50 heavy (non-hydrogen) atoms. The summed E-state index contributed by atoms with van der Waals surface area (Å²) in [6.45, 7) is 6.65. The van der Waals surface area contributed by atoms with E-state index < -0.39 is 22.5 Å². The van der Waals surface area contributed by atoms with Gasteiger partial charge < -0.3 is 36.5 Å². The second kappa shape index (κ2) is 25.5. The summed E-state index contributed by atoms with van der Waals surface area (Å²) in [6, 6.07) is 25.0. The third-order valence-corrected chi connectivity index (χ3v) is 7.85. The molecule has 0 aromatic heterocycles. The van der Waals surface area contributed by atoms with Crippen molar-refractivity contribution < 1.29 is 39.1 Å². The molecule has 8 N–H and O–H groups in total. The molecule has 1 aliphatic rings. The number of nitrogen functional groups attached to an aromatic ring is 1. The number of hydrogen-bond donors (Lipinski definition) is 5. The minimum atomic E-state index is -0.930. The predicted octanol–water partition coefficient (Wildman–Crippen LogP) is 7.78. The van der Waals surface area contributed by atoms with E-state index in [1.807, 2.05) is 50.2 Å². The van der Waals surface area contributed by atoms with Crippen LogP contribution in [0.2, 0.25) is 0 Å². The Morgan fingerprint density at radius 3 is 1.98 bits per heavy atom. The lowest BCUT2D eigenvalue weighted by Gasteiger charge is -2.14. The molecule has 0 bridgehead atoms. The van der Waals surface area contributed by atoms with Crippen molar-refractivity contribution in [3.05, 3.63) is 127 Å². The van der Waals surface area contributed by atoms with Gasteiger partial charge in [0.1, 0.15) is 0 Å². The molecule has 1 aliphatic carbocycles. The van der Waals surface area contributed by atoms with Crippen molar-refractivity contribution in [1.82, 2.24) is 0 Å². The monoisotopic (exact) mass is 827 g/mol. The number of nitro benzene ring substituents is 1. The van der Waals surface area contributed by atoms with Gasteiger partial charge in [-0.25, -0.2) is 4.39 Å². The predicted molar refractivity (Wildman–Crippen MR) is 201 cm³/mol. The number of ether oxygens (including phenoxy) is 2. The van der Waals surface area contributed by atoms with Crippen LogP contribution in [0.15, 0.2) is 93.9 Å². The summed E-state index contributed by atoms with van der Waals surface area (Å²) in [5, 5.41) is 30.1. The Bertz CT molecular complexity index is 1540. The average Bonchev–Trinajstić information content (AvgIpc) is 3.95. The van der Waals surface area contributed by atoms with Crippen molar-refractivity contribution in [3.63, 3.8) is 0 Å². The first-order valence-electron chi connectivity index (χ1n) is 15.8. The Morgan fingerprint density at radius 1 is 0.920 bits per heavy atom. The van der Waals surface area contributed by atoms with E-state index in [0.717, 1.165) is 43.9 Å². The average molecular weight is 830 g/mol. The molecule has 0 saturated heterocycles. The molecule has 4 aromatic rings. The number of nitro groups is 1. The molecule has 0 spiro atoms. The number of aliphatic hydroxyl groups is 2. The van der Waals surface area contributed by atoms with E-state index in [4.69, 9.17) is 20.3 Å². The van der Waals surface area contributed by atoms with E-state index in [-0.39, 0.29) is 24.7 Å². The Hall–Kier alpha value is -3.50. The number of nitrogens with one attached hydrogen (secondary N) is 1. The SMILES string of the molecule is CC.CO.Nc1cc(F)c([N+](=O)[O-])cc1Br.[NH3+]c1cc(Br)c(NC[C@@H](O)COCc2ccccc2)cc1F.c1ccc(COCC2CC2)cc1. The van der Waals surface area contributed by atoms with Crippen LogP contribution in [0, 0.1) is 27.7 Å². The lowest BCUT2D eigenvalue weighted by molar-refractivity contribution is -0.387. The summed E-state index contributed by atoms with van der Waals surface area (Å²) in [4.78, 5) is 9.38. The summed E-state index contributed by atoms with van der Waals surface area (Å²) in [7, 11) is 1.00. The van der Waals surface area contributed by atoms with Crippen LogP contribution >= 0.6 is 31.9 Å². The van der Waals surface area contributed by atoms with Crippen LogP contribution in [0.1, 0.15) is 37.8 Å². The maximum Gasteiger partial charge on any atom is 0.306 e. The molecule has 10 nitrogen and oxygen atoms in total. The summed E-state index contributed by atoms with van der Waals surface area (Å²) in [6.07, 6.45) is 2.06. The molecule has 0 heterocycles. The highest BCUT2D eigenvalue weighted by Crippen LogP contribution is 2.29. The van der Waals surface area contributed by atoms with Gasteiger partial charge in [-0.3, -0.25) is 10.1 Å². The fourth-order valence-corrected chi connectivity index (χ4v) is 4.65. The summed E-state index contributed by atoms with van der Waals surface area (Å²) in [5.41, 5.74) is 11.6. The first-order valence-corrected chi connectivity index (χ1v) is 17.4. The summed E-state index contributed by atoms with van der Waals surface area (Å²) in [5.74, 6) is -0.449. The molecule has 1 fully saturated rings. The molecule has 1 atom stereocenters. The maximum absolute atomic E-state index is 13.5. The van der Waals surface area contributed by atoms with E-state index in [9.17, 15) is 24.0 Å². The van der Waals surface area contributed by atoms with E-state index >= 15 is 0 Å². The van der Waals surface area contributed by atoms with Crippen LogP contribution < -0.4 is 16.8 Å². The smallest absolute Gasteiger partial charge is 0.306 e. The number of hydrogen-bond acceptors (Lipinski definition) is 8. The van der Waals surface area contributed by atoms with E-state index in [1.165, 1.54) is 24.5 Å². The number of rotatable bonds is 12. The third kappa shape index (κ3) is 17.9. The Kier molecular flexibility index (Phi) is 22.7. The van der Waals surface area contributed by atoms with Gasteiger partial charge in [0, 0.05) is 59.2 Å². The highest BCUT2D eigenvalue weighted by molar-refractivity contribution is 9.11. The molecule has 5 rings (SSSR count). The zero-order chi connectivity index (χ0) is 37.5. The lowest BCUT2D eigenvalue weighted by Crippen LogP contribution is -2.41. The minimum Gasteiger partial charge on any atom is -0.400 e. The first kappa shape index (κ1) is 44.5. The standard InChI is InChI=1S/C16H18BrFN2O2.C11H14O.C6H4BrFN2O2.C2H6.CH4O/c17-13-6-15(19)14(18)7-16(13)20-8-12(21)10-22-9-11-4-2-1-3-5-11;1-2-4-10(5-3-1)8-12-9-11-6-7-11;7-3-1-6(10(11)12)4(8)2-5(3)9;2*1-2/h1-7,12,20-21H,8-10,19H2;1-5,11H,6-9H2;1-2H,9H2;1-2H3;2H,1H3/p+1/t12-;;;;/m1..../s1. The van der Waals surface area contributed by atoms with Crippen molar-refractivity contribution in [2.24, 2.45) is 5.92 Å². The molecular weight excluding hydrogens is 782 g/mol. The van der Waals surface area contributed by atoms with Crippen molar-refractivity contribution in [2.45, 2.75) is 46.0 Å². The number of quaternary nitrogens is 1. The highest BCUT2D eigenvalue weighted by atomic mass is 79.9. The van der Waals surface area contributed by atoms with Gasteiger partial charge in [-0.1, -0.05) is 74.5 Å². The van der Waals surface area contributed by atoms with E-state index in [2.05, 4.69) is 67.2 Å². The first-order chi connectivity index (χ1) is 24.0. The molecule has 14 heteroatoms. The molecule has 0 unspecified atom stereocenters. The van der Waals surface area contributed by atoms with Gasteiger partial charge in [-0.2, -0.15) is 4.39 Å². The van der Waals surface area contributed by atoms with Gasteiger partial charge in [0.2, 0.25) is 5.82 Å². The number of benzene rings is 4. The van der Waals surface area contributed by atoms with Crippen LogP contribution in [0.25, 0.3) is 0 Å². The number of nitrogens with two attached hydrogens (primary N) is 1. The topological polar surface area (TPSA) is 168 Å². The molecule has 274 valence electrons. The van der Waals surface area contributed by atoms with Gasteiger partial charge >= 0.3 is 5.69 Å². The van der Waals surface area contributed by atoms with Crippen molar-refractivity contribution >= 4 is 54.6 Å². The van der Waals surface area contributed by atoms with Crippen LogP contribution in [0.3, 0.4) is 0 Å². The van der Waals surface area contributed by atoms with Gasteiger partial charge in [0.25, 0.3) is 0 Å². The summed E-state index contributed by atoms with van der Waals surface area (Å²) < 4.78 is 38.2. The molecule has 0 radical (unpaired) electrons.